The molecule has 3 rings (SSSR count). The Hall–Kier alpha value is -1.41. The van der Waals surface area contributed by atoms with Crippen molar-refractivity contribution >= 4 is 21.6 Å². The molecule has 1 aromatic carbocycles. The molecular weight excluding hydrogens is 360 g/mol. The van der Waals surface area contributed by atoms with Gasteiger partial charge in [0.15, 0.2) is 0 Å². The molecule has 0 unspecified atom stereocenters. The lowest BCUT2D eigenvalue weighted by molar-refractivity contribution is 0.181. The molecular formula is C17H23ClN4O2S. The Morgan fingerprint density at radius 3 is 2.32 bits per heavy atom. The van der Waals surface area contributed by atoms with Gasteiger partial charge in [-0.25, -0.2) is 8.42 Å². The van der Waals surface area contributed by atoms with Crippen LogP contribution in [0.1, 0.15) is 17.0 Å². The first-order valence-corrected chi connectivity index (χ1v) is 10.1. The Morgan fingerprint density at radius 2 is 1.76 bits per heavy atom. The summed E-state index contributed by atoms with van der Waals surface area (Å²) in [5, 5.41) is 4.99. The van der Waals surface area contributed by atoms with Crippen LogP contribution in [-0.4, -0.2) is 53.6 Å². The van der Waals surface area contributed by atoms with Gasteiger partial charge >= 0.3 is 0 Å². The number of rotatable bonds is 4. The number of benzene rings is 1. The molecule has 0 radical (unpaired) electrons. The van der Waals surface area contributed by atoms with E-state index in [-0.39, 0.29) is 0 Å². The Kier molecular flexibility index (Phi) is 5.20. The van der Waals surface area contributed by atoms with Crippen molar-refractivity contribution in [2.75, 3.05) is 26.2 Å². The molecule has 0 bridgehead atoms. The zero-order valence-corrected chi connectivity index (χ0v) is 16.3. The number of hydrogen-bond donors (Lipinski definition) is 0. The molecule has 25 heavy (non-hydrogen) atoms. The topological polar surface area (TPSA) is 58.4 Å². The molecule has 0 amide bonds. The maximum absolute atomic E-state index is 13.0. The molecule has 8 heteroatoms. The van der Waals surface area contributed by atoms with E-state index in [1.54, 1.807) is 29.9 Å². The summed E-state index contributed by atoms with van der Waals surface area (Å²) in [6.45, 7) is 6.58. The smallest absolute Gasteiger partial charge is 0.246 e. The van der Waals surface area contributed by atoms with E-state index in [0.29, 0.717) is 42.5 Å². The van der Waals surface area contributed by atoms with Gasteiger partial charge in [0.25, 0.3) is 0 Å². The second-order valence-electron chi connectivity index (χ2n) is 6.40. The molecule has 0 saturated carbocycles. The van der Waals surface area contributed by atoms with Gasteiger partial charge in [-0.1, -0.05) is 29.8 Å². The van der Waals surface area contributed by atoms with Gasteiger partial charge in [-0.15, -0.1) is 0 Å². The van der Waals surface area contributed by atoms with Gasteiger partial charge in [-0.2, -0.15) is 9.40 Å². The van der Waals surface area contributed by atoms with Gasteiger partial charge in [0.2, 0.25) is 10.0 Å². The second-order valence-corrected chi connectivity index (χ2v) is 8.68. The van der Waals surface area contributed by atoms with Crippen LogP contribution in [0.4, 0.5) is 0 Å². The highest BCUT2D eigenvalue weighted by Crippen LogP contribution is 2.25. The quantitative estimate of drug-likeness (QED) is 0.813. The standard InChI is InChI=1S/C17H23ClN4O2S/c1-13-17(14(2)20(3)19-13)25(23,24)22-10-8-21(9-11-22)12-15-6-4-5-7-16(15)18/h4-7H,8-12H2,1-3H3. The normalized spacial score (nSPS) is 17.1. The molecule has 6 nitrogen and oxygen atoms in total. The van der Waals surface area contributed by atoms with Crippen molar-refractivity contribution in [3.05, 3.63) is 46.2 Å². The molecule has 0 aliphatic carbocycles. The number of halogens is 1. The fraction of sp³-hybridized carbons (Fsp3) is 0.471. The van der Waals surface area contributed by atoms with Crippen molar-refractivity contribution in [2.24, 2.45) is 7.05 Å². The second kappa shape index (κ2) is 7.07. The third kappa shape index (κ3) is 3.60. The van der Waals surface area contributed by atoms with Crippen molar-refractivity contribution in [3.8, 4) is 0 Å². The molecule has 1 fully saturated rings. The number of aryl methyl sites for hydroxylation is 2. The van der Waals surface area contributed by atoms with E-state index in [1.807, 2.05) is 24.3 Å². The summed E-state index contributed by atoms with van der Waals surface area (Å²) >= 11 is 6.22. The van der Waals surface area contributed by atoms with E-state index in [9.17, 15) is 8.42 Å². The highest BCUT2D eigenvalue weighted by Gasteiger charge is 2.32. The lowest BCUT2D eigenvalue weighted by Gasteiger charge is -2.34. The zero-order valence-electron chi connectivity index (χ0n) is 14.7. The van der Waals surface area contributed by atoms with E-state index in [4.69, 9.17) is 11.6 Å². The summed E-state index contributed by atoms with van der Waals surface area (Å²) in [6, 6.07) is 7.77. The van der Waals surface area contributed by atoms with Crippen LogP contribution in [0.2, 0.25) is 5.02 Å². The van der Waals surface area contributed by atoms with E-state index in [0.717, 1.165) is 17.1 Å². The average Bonchev–Trinajstić information content (AvgIpc) is 2.83. The van der Waals surface area contributed by atoms with E-state index in [2.05, 4.69) is 10.00 Å². The van der Waals surface area contributed by atoms with E-state index >= 15 is 0 Å². The number of nitrogens with zero attached hydrogens (tertiary/aromatic N) is 4. The summed E-state index contributed by atoms with van der Waals surface area (Å²) in [4.78, 5) is 2.57. The van der Waals surface area contributed by atoms with Crippen LogP contribution in [0, 0.1) is 13.8 Å². The molecule has 2 aromatic rings. The van der Waals surface area contributed by atoms with Crippen LogP contribution in [0.15, 0.2) is 29.2 Å². The highest BCUT2D eigenvalue weighted by molar-refractivity contribution is 7.89. The predicted molar refractivity (Wildman–Crippen MR) is 98.2 cm³/mol. The first-order valence-electron chi connectivity index (χ1n) is 8.27. The molecule has 1 aromatic heterocycles. The van der Waals surface area contributed by atoms with Gasteiger partial charge in [-0.05, 0) is 25.5 Å². The number of piperazine rings is 1. The van der Waals surface area contributed by atoms with Gasteiger partial charge in [0.1, 0.15) is 4.90 Å². The van der Waals surface area contributed by atoms with Crippen LogP contribution in [0.25, 0.3) is 0 Å². The minimum atomic E-state index is -3.51. The fourth-order valence-electron chi connectivity index (χ4n) is 3.25. The largest absolute Gasteiger partial charge is 0.296 e. The fourth-order valence-corrected chi connectivity index (χ4v) is 5.27. The van der Waals surface area contributed by atoms with Crippen LogP contribution in [0.3, 0.4) is 0 Å². The summed E-state index contributed by atoms with van der Waals surface area (Å²) in [7, 11) is -1.74. The SMILES string of the molecule is Cc1nn(C)c(C)c1S(=O)(=O)N1CCN(Cc2ccccc2Cl)CC1. The minimum Gasteiger partial charge on any atom is -0.296 e. The Bertz CT molecular complexity index is 871. The van der Waals surface area contributed by atoms with Crippen molar-refractivity contribution in [2.45, 2.75) is 25.3 Å². The summed E-state index contributed by atoms with van der Waals surface area (Å²) in [5.74, 6) is 0. The monoisotopic (exact) mass is 382 g/mol. The van der Waals surface area contributed by atoms with Crippen molar-refractivity contribution < 1.29 is 8.42 Å². The maximum atomic E-state index is 13.0. The van der Waals surface area contributed by atoms with Crippen LogP contribution in [-0.2, 0) is 23.6 Å². The number of hydrogen-bond acceptors (Lipinski definition) is 4. The lowest BCUT2D eigenvalue weighted by atomic mass is 10.2. The predicted octanol–water partition coefficient (Wildman–Crippen LogP) is 2.20. The Balaban J connectivity index is 1.70. The van der Waals surface area contributed by atoms with Crippen molar-refractivity contribution in [1.82, 2.24) is 19.0 Å². The van der Waals surface area contributed by atoms with Crippen LogP contribution in [0.5, 0.6) is 0 Å². The third-order valence-electron chi connectivity index (χ3n) is 4.72. The molecule has 0 N–H and O–H groups in total. The number of aromatic nitrogens is 2. The molecule has 136 valence electrons. The van der Waals surface area contributed by atoms with Gasteiger partial charge in [-0.3, -0.25) is 9.58 Å². The molecule has 1 aliphatic rings. The van der Waals surface area contributed by atoms with Crippen LogP contribution < -0.4 is 0 Å². The maximum Gasteiger partial charge on any atom is 0.246 e. The molecule has 1 aliphatic heterocycles. The summed E-state index contributed by atoms with van der Waals surface area (Å²) in [5.41, 5.74) is 2.30. The van der Waals surface area contributed by atoms with Crippen LogP contribution >= 0.6 is 11.6 Å². The third-order valence-corrected chi connectivity index (χ3v) is 7.24. The van der Waals surface area contributed by atoms with Gasteiger partial charge < -0.3 is 0 Å². The molecule has 2 heterocycles. The lowest BCUT2D eigenvalue weighted by Crippen LogP contribution is -2.48. The van der Waals surface area contributed by atoms with E-state index in [1.165, 1.54) is 0 Å². The van der Waals surface area contributed by atoms with Crippen molar-refractivity contribution in [1.29, 1.82) is 0 Å². The average molecular weight is 383 g/mol. The van der Waals surface area contributed by atoms with E-state index < -0.39 is 10.0 Å². The molecule has 1 saturated heterocycles. The van der Waals surface area contributed by atoms with Gasteiger partial charge in [0.05, 0.1) is 11.4 Å². The first-order chi connectivity index (χ1) is 11.8. The highest BCUT2D eigenvalue weighted by atomic mass is 35.5. The molecule has 0 spiro atoms. The first kappa shape index (κ1) is 18.4. The Labute approximate surface area is 154 Å². The zero-order chi connectivity index (χ0) is 18.2. The minimum absolute atomic E-state index is 0.342. The van der Waals surface area contributed by atoms with Gasteiger partial charge in [0, 0.05) is 44.8 Å². The Morgan fingerprint density at radius 1 is 1.12 bits per heavy atom. The summed E-state index contributed by atoms with van der Waals surface area (Å²) < 4.78 is 29.2. The summed E-state index contributed by atoms with van der Waals surface area (Å²) in [6.07, 6.45) is 0. The number of sulfonamides is 1. The molecule has 0 atom stereocenters. The van der Waals surface area contributed by atoms with Crippen molar-refractivity contribution in [3.63, 3.8) is 0 Å².